The molecule has 1 aliphatic rings. The molecule has 1 fully saturated rings. The first-order valence-electron chi connectivity index (χ1n) is 7.64. The monoisotopic (exact) mass is 346 g/mol. The Morgan fingerprint density at radius 3 is 2.42 bits per heavy atom. The summed E-state index contributed by atoms with van der Waals surface area (Å²) in [6.45, 7) is 0. The Hall–Kier alpha value is -2.40. The number of urea groups is 1. The number of carbonyl (C=O) groups is 1. The fourth-order valence-electron chi connectivity index (χ4n) is 2.68. The quantitative estimate of drug-likeness (QED) is 0.854. The average molecular weight is 347 g/mol. The molecule has 0 atom stereocenters. The lowest BCUT2D eigenvalue weighted by molar-refractivity contribution is 0.247. The number of amides is 2. The van der Waals surface area contributed by atoms with Gasteiger partial charge in [-0.25, -0.2) is 4.79 Å². The molecular weight excluding hydrogens is 328 g/mol. The topological polar surface area (TPSA) is 59.6 Å². The van der Waals surface area contributed by atoms with E-state index in [-0.39, 0.29) is 11.6 Å². The van der Waals surface area contributed by atoms with Crippen LogP contribution in [0.5, 0.6) is 11.5 Å². The van der Waals surface area contributed by atoms with Crippen LogP contribution in [0.3, 0.4) is 0 Å². The fourth-order valence-corrected chi connectivity index (χ4v) is 2.86. The highest BCUT2D eigenvalue weighted by Gasteiger charge is 2.46. The zero-order valence-electron chi connectivity index (χ0n) is 13.6. The minimum atomic E-state index is -0.370. The molecule has 0 aromatic heterocycles. The van der Waals surface area contributed by atoms with Crippen molar-refractivity contribution in [2.75, 3.05) is 19.5 Å². The highest BCUT2D eigenvalue weighted by Crippen LogP contribution is 2.47. The van der Waals surface area contributed by atoms with Crippen LogP contribution in [0.2, 0.25) is 5.02 Å². The number of carbonyl (C=O) groups excluding carboxylic acids is 1. The van der Waals surface area contributed by atoms with E-state index in [0.29, 0.717) is 22.2 Å². The molecule has 2 aromatic rings. The molecule has 5 nitrogen and oxygen atoms in total. The Labute approximate surface area is 145 Å². The van der Waals surface area contributed by atoms with Crippen molar-refractivity contribution in [3.63, 3.8) is 0 Å². The van der Waals surface area contributed by atoms with E-state index in [4.69, 9.17) is 21.1 Å². The van der Waals surface area contributed by atoms with Crippen molar-refractivity contribution in [2.24, 2.45) is 0 Å². The van der Waals surface area contributed by atoms with Crippen LogP contribution in [0.4, 0.5) is 10.5 Å². The van der Waals surface area contributed by atoms with Crippen molar-refractivity contribution in [1.82, 2.24) is 5.32 Å². The normalized spacial score (nSPS) is 14.6. The van der Waals surface area contributed by atoms with Gasteiger partial charge in [0.05, 0.1) is 30.5 Å². The molecule has 3 rings (SSSR count). The molecule has 0 heterocycles. The number of ether oxygens (including phenoxy) is 2. The van der Waals surface area contributed by atoms with Crippen molar-refractivity contribution in [1.29, 1.82) is 0 Å². The zero-order valence-corrected chi connectivity index (χ0v) is 14.3. The van der Waals surface area contributed by atoms with Crippen LogP contribution in [-0.4, -0.2) is 20.3 Å². The molecule has 24 heavy (non-hydrogen) atoms. The molecule has 2 N–H and O–H groups in total. The van der Waals surface area contributed by atoms with Crippen molar-refractivity contribution in [2.45, 2.75) is 18.4 Å². The number of hydrogen-bond donors (Lipinski definition) is 2. The smallest absolute Gasteiger partial charge is 0.319 e. The highest BCUT2D eigenvalue weighted by atomic mass is 35.5. The van der Waals surface area contributed by atoms with E-state index in [0.717, 1.165) is 18.4 Å². The third kappa shape index (κ3) is 3.26. The van der Waals surface area contributed by atoms with Crippen LogP contribution in [0.1, 0.15) is 18.4 Å². The molecule has 0 spiro atoms. The summed E-state index contributed by atoms with van der Waals surface area (Å²) >= 11 is 6.07. The second-order valence-electron chi connectivity index (χ2n) is 5.71. The van der Waals surface area contributed by atoms with Crippen LogP contribution in [0.15, 0.2) is 42.5 Å². The Morgan fingerprint density at radius 1 is 1.08 bits per heavy atom. The van der Waals surface area contributed by atoms with E-state index in [1.165, 1.54) is 0 Å². The standard InChI is InChI=1S/C18H19ClN2O3/c1-23-15-8-7-12(11-16(15)24-2)18(9-10-18)21-17(22)20-14-6-4-3-5-13(14)19/h3-8,11H,9-10H2,1-2H3,(H2,20,21,22). The first-order chi connectivity index (χ1) is 11.6. The molecular formula is C18H19ClN2O3. The van der Waals surface area contributed by atoms with E-state index in [1.54, 1.807) is 26.4 Å². The number of benzene rings is 2. The predicted molar refractivity (Wildman–Crippen MR) is 94.1 cm³/mol. The third-order valence-corrected chi connectivity index (χ3v) is 4.49. The van der Waals surface area contributed by atoms with Crippen LogP contribution >= 0.6 is 11.6 Å². The van der Waals surface area contributed by atoms with E-state index in [1.807, 2.05) is 30.3 Å². The third-order valence-electron chi connectivity index (χ3n) is 4.16. The van der Waals surface area contributed by atoms with Crippen molar-refractivity contribution >= 4 is 23.3 Å². The number of halogens is 1. The highest BCUT2D eigenvalue weighted by molar-refractivity contribution is 6.33. The second-order valence-corrected chi connectivity index (χ2v) is 6.12. The lowest BCUT2D eigenvalue weighted by Crippen LogP contribution is -2.38. The molecule has 0 unspecified atom stereocenters. The Kier molecular flexibility index (Phi) is 4.53. The summed E-state index contributed by atoms with van der Waals surface area (Å²) in [6, 6.07) is 12.6. The molecule has 2 amide bonds. The molecule has 1 saturated carbocycles. The van der Waals surface area contributed by atoms with Gasteiger partial charge in [-0.05, 0) is 42.7 Å². The fraction of sp³-hybridized carbons (Fsp3) is 0.278. The maximum atomic E-state index is 12.3. The molecule has 0 aliphatic heterocycles. The van der Waals surface area contributed by atoms with Crippen LogP contribution in [-0.2, 0) is 5.54 Å². The molecule has 0 radical (unpaired) electrons. The summed E-state index contributed by atoms with van der Waals surface area (Å²) in [7, 11) is 3.19. The largest absolute Gasteiger partial charge is 0.493 e. The summed E-state index contributed by atoms with van der Waals surface area (Å²) in [5, 5.41) is 6.34. The molecule has 1 aliphatic carbocycles. The van der Waals surface area contributed by atoms with Crippen molar-refractivity contribution in [3.8, 4) is 11.5 Å². The van der Waals surface area contributed by atoms with E-state index in [2.05, 4.69) is 10.6 Å². The Bertz CT molecular complexity index is 760. The second kappa shape index (κ2) is 6.61. The zero-order chi connectivity index (χ0) is 17.2. The van der Waals surface area contributed by atoms with Gasteiger partial charge in [-0.2, -0.15) is 0 Å². The minimum absolute atomic E-state index is 0.282. The summed E-state index contributed by atoms with van der Waals surface area (Å²) in [5.74, 6) is 1.31. The van der Waals surface area contributed by atoms with Gasteiger partial charge in [-0.3, -0.25) is 0 Å². The SMILES string of the molecule is COc1ccc(C2(NC(=O)Nc3ccccc3Cl)CC2)cc1OC. The average Bonchev–Trinajstić information content (AvgIpc) is 3.36. The van der Waals surface area contributed by atoms with E-state index >= 15 is 0 Å². The Balaban J connectivity index is 1.75. The van der Waals surface area contributed by atoms with Gasteiger partial charge >= 0.3 is 6.03 Å². The summed E-state index contributed by atoms with van der Waals surface area (Å²) in [6.07, 6.45) is 1.75. The maximum Gasteiger partial charge on any atom is 0.319 e. The van der Waals surface area contributed by atoms with E-state index in [9.17, 15) is 4.79 Å². The predicted octanol–water partition coefficient (Wildman–Crippen LogP) is 4.17. The van der Waals surface area contributed by atoms with Gasteiger partial charge in [0.15, 0.2) is 11.5 Å². The van der Waals surface area contributed by atoms with Gasteiger partial charge in [0.2, 0.25) is 0 Å². The molecule has 6 heteroatoms. The molecule has 0 saturated heterocycles. The lowest BCUT2D eigenvalue weighted by Gasteiger charge is -2.20. The number of anilines is 1. The molecule has 0 bridgehead atoms. The van der Waals surface area contributed by atoms with Crippen molar-refractivity contribution in [3.05, 3.63) is 53.1 Å². The number of para-hydroxylation sites is 1. The van der Waals surface area contributed by atoms with Gasteiger partial charge in [0.25, 0.3) is 0 Å². The van der Waals surface area contributed by atoms with Gasteiger partial charge < -0.3 is 20.1 Å². The van der Waals surface area contributed by atoms with Crippen LogP contribution in [0, 0.1) is 0 Å². The van der Waals surface area contributed by atoms with Gasteiger partial charge in [0, 0.05) is 0 Å². The molecule has 126 valence electrons. The first-order valence-corrected chi connectivity index (χ1v) is 8.02. The summed E-state index contributed by atoms with van der Waals surface area (Å²) in [4.78, 5) is 12.3. The molecule has 2 aromatic carbocycles. The van der Waals surface area contributed by atoms with E-state index < -0.39 is 0 Å². The number of methoxy groups -OCH3 is 2. The summed E-state index contributed by atoms with van der Waals surface area (Å²) < 4.78 is 10.6. The number of hydrogen-bond acceptors (Lipinski definition) is 3. The van der Waals surface area contributed by atoms with Crippen molar-refractivity contribution < 1.29 is 14.3 Å². The summed E-state index contributed by atoms with van der Waals surface area (Å²) in [5.41, 5.74) is 1.21. The van der Waals surface area contributed by atoms with Crippen LogP contribution < -0.4 is 20.1 Å². The van der Waals surface area contributed by atoms with Gasteiger partial charge in [0.1, 0.15) is 0 Å². The Morgan fingerprint density at radius 2 is 1.79 bits per heavy atom. The first kappa shape index (κ1) is 16.5. The minimum Gasteiger partial charge on any atom is -0.493 e. The van der Waals surface area contributed by atoms with Gasteiger partial charge in [-0.15, -0.1) is 0 Å². The lowest BCUT2D eigenvalue weighted by atomic mass is 10.0. The maximum absolute atomic E-state index is 12.3. The number of rotatable bonds is 5. The number of nitrogens with one attached hydrogen (secondary N) is 2. The van der Waals surface area contributed by atoms with Crippen LogP contribution in [0.25, 0.3) is 0 Å². The van der Waals surface area contributed by atoms with Gasteiger partial charge in [-0.1, -0.05) is 29.8 Å².